The third-order valence-electron chi connectivity index (χ3n) is 3.80. The number of hydrogen-bond donors (Lipinski definition) is 1. The molecule has 1 aromatic carbocycles. The fourth-order valence-corrected chi connectivity index (χ4v) is 2.73. The molecule has 0 unspecified atom stereocenters. The highest BCUT2D eigenvalue weighted by Gasteiger charge is 2.52. The molecule has 0 spiro atoms. The van der Waals surface area contributed by atoms with Crippen molar-refractivity contribution in [1.29, 1.82) is 0 Å². The molecule has 2 atom stereocenters. The van der Waals surface area contributed by atoms with Crippen molar-refractivity contribution in [3.05, 3.63) is 29.3 Å². The molecule has 132 valence electrons. The predicted molar refractivity (Wildman–Crippen MR) is 89.5 cm³/mol. The molecule has 0 saturated carbocycles. The smallest absolute Gasteiger partial charge is 0.411 e. The van der Waals surface area contributed by atoms with Crippen molar-refractivity contribution in [2.45, 2.75) is 51.4 Å². The molecule has 0 aromatic heterocycles. The van der Waals surface area contributed by atoms with Crippen LogP contribution in [0.4, 0.5) is 4.79 Å². The van der Waals surface area contributed by atoms with Crippen LogP contribution in [0.2, 0.25) is 5.02 Å². The lowest BCUT2D eigenvalue weighted by Gasteiger charge is -2.32. The minimum Gasteiger partial charge on any atom is -0.488 e. The number of carboxylic acids is 1. The van der Waals surface area contributed by atoms with E-state index in [9.17, 15) is 14.7 Å². The van der Waals surface area contributed by atoms with Gasteiger partial charge in [-0.25, -0.2) is 9.59 Å². The average Bonchev–Trinajstić information content (AvgIpc) is 2.78. The van der Waals surface area contributed by atoms with E-state index in [2.05, 4.69) is 0 Å². The van der Waals surface area contributed by atoms with Crippen molar-refractivity contribution < 1.29 is 24.2 Å². The van der Waals surface area contributed by atoms with Crippen LogP contribution in [0.25, 0.3) is 0 Å². The standard InChI is InChI=1S/C17H22ClNO5/c1-16(2,3)24-15(22)19-10-13(9-17(19,4)14(20)21)23-12-7-5-11(18)6-8-12/h5-8,13H,9-10H2,1-4H3,(H,20,21)/t13-,17-/m0/s1. The van der Waals surface area contributed by atoms with Gasteiger partial charge in [-0.3, -0.25) is 4.90 Å². The van der Waals surface area contributed by atoms with Gasteiger partial charge in [-0.1, -0.05) is 11.6 Å². The molecular formula is C17H22ClNO5. The molecule has 6 nitrogen and oxygen atoms in total. The lowest BCUT2D eigenvalue weighted by atomic mass is 9.98. The second kappa shape index (κ2) is 6.51. The molecule has 0 aliphatic carbocycles. The van der Waals surface area contributed by atoms with Crippen LogP contribution < -0.4 is 4.74 Å². The van der Waals surface area contributed by atoms with Crippen molar-refractivity contribution in [2.75, 3.05) is 6.54 Å². The third-order valence-corrected chi connectivity index (χ3v) is 4.05. The lowest BCUT2D eigenvalue weighted by Crippen LogP contribution is -2.52. The molecule has 0 radical (unpaired) electrons. The SMILES string of the molecule is CC(C)(C)OC(=O)N1C[C@@H](Oc2ccc(Cl)cc2)C[C@@]1(C)C(=O)O. The molecule has 24 heavy (non-hydrogen) atoms. The van der Waals surface area contributed by atoms with E-state index in [0.29, 0.717) is 10.8 Å². The van der Waals surface area contributed by atoms with Gasteiger partial charge in [0.15, 0.2) is 0 Å². The summed E-state index contributed by atoms with van der Waals surface area (Å²) in [7, 11) is 0. The second-order valence-electron chi connectivity index (χ2n) is 7.07. The highest BCUT2D eigenvalue weighted by molar-refractivity contribution is 6.30. The fraction of sp³-hybridized carbons (Fsp3) is 0.529. The number of rotatable bonds is 3. The zero-order valence-corrected chi connectivity index (χ0v) is 15.0. The highest BCUT2D eigenvalue weighted by Crippen LogP contribution is 2.33. The van der Waals surface area contributed by atoms with Gasteiger partial charge in [0.1, 0.15) is 23.0 Å². The molecule has 1 aliphatic heterocycles. The van der Waals surface area contributed by atoms with Gasteiger partial charge in [0, 0.05) is 11.4 Å². The summed E-state index contributed by atoms with van der Waals surface area (Å²) < 4.78 is 11.1. The number of benzene rings is 1. The molecule has 7 heteroatoms. The normalized spacial score (nSPS) is 23.9. The van der Waals surface area contributed by atoms with Crippen LogP contribution in [0.5, 0.6) is 5.75 Å². The van der Waals surface area contributed by atoms with Gasteiger partial charge in [0.2, 0.25) is 0 Å². The number of carbonyl (C=O) groups excluding carboxylic acids is 1. The van der Waals surface area contributed by atoms with Gasteiger partial charge in [0.25, 0.3) is 0 Å². The Labute approximate surface area is 146 Å². The first-order chi connectivity index (χ1) is 11.0. The number of carboxylic acid groups (broad SMARTS) is 1. The van der Waals surface area contributed by atoms with Crippen molar-refractivity contribution in [2.24, 2.45) is 0 Å². The van der Waals surface area contributed by atoms with Crippen LogP contribution in [0, 0.1) is 0 Å². The Bertz CT molecular complexity index is 625. The first-order valence-corrected chi connectivity index (χ1v) is 8.05. The Kier molecular flexibility index (Phi) is 4.99. The second-order valence-corrected chi connectivity index (χ2v) is 7.50. The average molecular weight is 356 g/mol. The van der Waals surface area contributed by atoms with Gasteiger partial charge in [-0.05, 0) is 52.0 Å². The van der Waals surface area contributed by atoms with Crippen LogP contribution in [0.3, 0.4) is 0 Å². The number of aliphatic carboxylic acids is 1. The molecule has 1 amide bonds. The largest absolute Gasteiger partial charge is 0.488 e. The summed E-state index contributed by atoms with van der Waals surface area (Å²) in [6, 6.07) is 6.79. The van der Waals surface area contributed by atoms with E-state index in [1.54, 1.807) is 45.0 Å². The minimum atomic E-state index is -1.38. The van der Waals surface area contributed by atoms with Crippen LogP contribution in [-0.2, 0) is 9.53 Å². The van der Waals surface area contributed by atoms with Crippen LogP contribution in [0.1, 0.15) is 34.1 Å². The molecule has 1 N–H and O–H groups in total. The number of likely N-dealkylation sites (tertiary alicyclic amines) is 1. The Morgan fingerprint density at radius 2 is 1.88 bits per heavy atom. The molecule has 1 fully saturated rings. The monoisotopic (exact) mass is 355 g/mol. The molecule has 1 aromatic rings. The summed E-state index contributed by atoms with van der Waals surface area (Å²) >= 11 is 5.84. The quantitative estimate of drug-likeness (QED) is 0.896. The van der Waals surface area contributed by atoms with E-state index >= 15 is 0 Å². The summed E-state index contributed by atoms with van der Waals surface area (Å²) in [5.74, 6) is -0.515. The van der Waals surface area contributed by atoms with Crippen molar-refractivity contribution in [3.63, 3.8) is 0 Å². The summed E-state index contributed by atoms with van der Waals surface area (Å²) in [4.78, 5) is 25.3. The van der Waals surface area contributed by atoms with E-state index in [0.717, 1.165) is 0 Å². The maximum atomic E-state index is 12.4. The van der Waals surface area contributed by atoms with Gasteiger partial charge in [-0.2, -0.15) is 0 Å². The predicted octanol–water partition coefficient (Wildman–Crippen LogP) is 3.57. The van der Waals surface area contributed by atoms with Gasteiger partial charge >= 0.3 is 12.1 Å². The Morgan fingerprint density at radius 3 is 2.38 bits per heavy atom. The maximum Gasteiger partial charge on any atom is 0.411 e. The highest BCUT2D eigenvalue weighted by atomic mass is 35.5. The van der Waals surface area contributed by atoms with Gasteiger partial charge in [-0.15, -0.1) is 0 Å². The van der Waals surface area contributed by atoms with Crippen molar-refractivity contribution >= 4 is 23.7 Å². The lowest BCUT2D eigenvalue weighted by molar-refractivity contribution is -0.148. The fourth-order valence-electron chi connectivity index (χ4n) is 2.60. The summed E-state index contributed by atoms with van der Waals surface area (Å²) in [6.07, 6.45) is -0.932. The minimum absolute atomic E-state index is 0.139. The number of carbonyl (C=O) groups is 2. The van der Waals surface area contributed by atoms with E-state index < -0.39 is 29.3 Å². The number of amides is 1. The molecular weight excluding hydrogens is 334 g/mol. The van der Waals surface area contributed by atoms with E-state index in [1.807, 2.05) is 0 Å². The van der Waals surface area contributed by atoms with Crippen molar-refractivity contribution in [3.8, 4) is 5.75 Å². The van der Waals surface area contributed by atoms with Crippen LogP contribution in [0.15, 0.2) is 24.3 Å². The Balaban J connectivity index is 2.16. The van der Waals surface area contributed by atoms with Gasteiger partial charge in [0.05, 0.1) is 6.54 Å². The number of nitrogens with zero attached hydrogens (tertiary/aromatic N) is 1. The third kappa shape index (κ3) is 4.12. The Morgan fingerprint density at radius 1 is 1.29 bits per heavy atom. The molecule has 1 heterocycles. The molecule has 0 bridgehead atoms. The number of hydrogen-bond acceptors (Lipinski definition) is 4. The first kappa shape index (κ1) is 18.4. The van der Waals surface area contributed by atoms with Crippen LogP contribution in [-0.4, -0.2) is 45.9 Å². The summed E-state index contributed by atoms with van der Waals surface area (Å²) in [6.45, 7) is 6.85. The maximum absolute atomic E-state index is 12.4. The van der Waals surface area contributed by atoms with Crippen LogP contribution >= 0.6 is 11.6 Å². The number of ether oxygens (including phenoxy) is 2. The van der Waals surface area contributed by atoms with Crippen molar-refractivity contribution in [1.82, 2.24) is 4.90 Å². The molecule has 2 rings (SSSR count). The van der Waals surface area contributed by atoms with E-state index in [4.69, 9.17) is 21.1 Å². The summed E-state index contributed by atoms with van der Waals surface area (Å²) in [5, 5.41) is 10.2. The van der Waals surface area contributed by atoms with E-state index in [1.165, 1.54) is 11.8 Å². The molecule has 1 saturated heterocycles. The number of halogens is 1. The topological polar surface area (TPSA) is 76.1 Å². The van der Waals surface area contributed by atoms with E-state index in [-0.39, 0.29) is 13.0 Å². The zero-order chi connectivity index (χ0) is 18.1. The zero-order valence-electron chi connectivity index (χ0n) is 14.2. The Hall–Kier alpha value is -1.95. The first-order valence-electron chi connectivity index (χ1n) is 7.67. The summed E-state index contributed by atoms with van der Waals surface area (Å²) in [5.41, 5.74) is -2.08. The molecule has 1 aliphatic rings. The van der Waals surface area contributed by atoms with Gasteiger partial charge < -0.3 is 14.6 Å².